The zero-order chi connectivity index (χ0) is 27.1. The number of fused-ring (bicyclic) bond motifs is 1. The molecular weight excluding hydrogens is 503 g/mol. The van der Waals surface area contributed by atoms with Crippen molar-refractivity contribution in [3.63, 3.8) is 0 Å². The van der Waals surface area contributed by atoms with Crippen molar-refractivity contribution in [2.45, 2.75) is 45.2 Å². The first-order valence-corrected chi connectivity index (χ1v) is 12.6. The van der Waals surface area contributed by atoms with Gasteiger partial charge in [0.05, 0.1) is 12.7 Å². The third-order valence-corrected chi connectivity index (χ3v) is 7.38. The highest BCUT2D eigenvalue weighted by molar-refractivity contribution is 6.31. The maximum atomic E-state index is 14.6. The number of Topliss-reactive ketones (excluding diaryl/α,β-unsaturated/α-hetero) is 1. The van der Waals surface area contributed by atoms with Gasteiger partial charge < -0.3 is 14.2 Å². The van der Waals surface area contributed by atoms with Crippen molar-refractivity contribution in [3.05, 3.63) is 70.1 Å². The van der Waals surface area contributed by atoms with E-state index in [0.29, 0.717) is 30.1 Å². The number of hydrogen-bond donors (Lipinski definition) is 0. The minimum Gasteiger partial charge on any atom is -0.497 e. The van der Waals surface area contributed by atoms with Crippen LogP contribution < -0.4 is 4.74 Å². The lowest BCUT2D eigenvalue weighted by molar-refractivity contribution is -0.136. The van der Waals surface area contributed by atoms with Crippen molar-refractivity contribution in [2.75, 3.05) is 20.2 Å². The second kappa shape index (κ2) is 10.4. The van der Waals surface area contributed by atoms with Crippen LogP contribution in [0.5, 0.6) is 5.75 Å². The summed E-state index contributed by atoms with van der Waals surface area (Å²) in [7, 11) is 3.14. The van der Waals surface area contributed by atoms with E-state index in [2.05, 4.69) is 30.3 Å². The second-order valence-corrected chi connectivity index (χ2v) is 10.4. The highest BCUT2D eigenvalue weighted by Crippen LogP contribution is 2.43. The molecule has 5 nitrogen and oxygen atoms in total. The van der Waals surface area contributed by atoms with E-state index in [1.807, 2.05) is 0 Å². The molecule has 0 atom stereocenters. The monoisotopic (exact) mass is 533 g/mol. The van der Waals surface area contributed by atoms with Crippen molar-refractivity contribution in [2.24, 2.45) is 13.0 Å². The Morgan fingerprint density at radius 2 is 1.92 bits per heavy atom. The largest absolute Gasteiger partial charge is 0.497 e. The third-order valence-electron chi connectivity index (χ3n) is 7.16. The topological polar surface area (TPSA) is 47.4 Å². The van der Waals surface area contributed by atoms with Crippen molar-refractivity contribution in [1.82, 2.24) is 14.5 Å². The van der Waals surface area contributed by atoms with Crippen molar-refractivity contribution < 1.29 is 22.7 Å². The number of piperidine rings is 1. The van der Waals surface area contributed by atoms with Gasteiger partial charge in [0, 0.05) is 60.6 Å². The molecule has 0 spiro atoms. The van der Waals surface area contributed by atoms with Crippen LogP contribution in [0.3, 0.4) is 0 Å². The minimum absolute atomic E-state index is 0.0500. The predicted octanol–water partition coefficient (Wildman–Crippen LogP) is 7.03. The molecule has 0 N–H and O–H groups in total. The Balaban J connectivity index is 1.74. The van der Waals surface area contributed by atoms with E-state index in [-0.39, 0.29) is 33.1 Å². The first kappa shape index (κ1) is 27.0. The number of aromatic nitrogens is 2. The van der Waals surface area contributed by atoms with Crippen LogP contribution >= 0.6 is 11.6 Å². The Bertz CT molecular complexity index is 1340. The summed E-state index contributed by atoms with van der Waals surface area (Å²) in [6, 6.07) is 4.43. The van der Waals surface area contributed by atoms with Crippen LogP contribution in [-0.4, -0.2) is 40.4 Å². The lowest BCUT2D eigenvalue weighted by Gasteiger charge is -2.36. The van der Waals surface area contributed by atoms with Gasteiger partial charge >= 0.3 is 6.18 Å². The molecule has 0 bridgehead atoms. The molecule has 0 unspecified atom stereocenters. The average Bonchev–Trinajstić information content (AvgIpc) is 3.18. The molecule has 0 amide bonds. The van der Waals surface area contributed by atoms with Gasteiger partial charge in [-0.1, -0.05) is 32.0 Å². The number of carbonyl (C=O) groups is 1. The molecule has 2 aromatic heterocycles. The van der Waals surface area contributed by atoms with Gasteiger partial charge in [-0.3, -0.25) is 4.79 Å². The van der Waals surface area contributed by atoms with E-state index in [9.17, 15) is 18.0 Å². The summed E-state index contributed by atoms with van der Waals surface area (Å²) in [5.41, 5.74) is 1.19. The minimum atomic E-state index is -4.66. The molecule has 0 aliphatic carbocycles. The SMILES string of the molecule is C=C(C(C)C)N1CCC(c2cn(C)c3ncc(CC(=O)c4cc(Cl)cc(OC)c4)c(C(F)(F)F)c23)CC1. The summed E-state index contributed by atoms with van der Waals surface area (Å²) in [5, 5.41) is 0.356. The number of nitrogens with zero attached hydrogens (tertiary/aromatic N) is 3. The number of ether oxygens (including phenoxy) is 1. The Labute approximate surface area is 219 Å². The Morgan fingerprint density at radius 3 is 2.51 bits per heavy atom. The quantitative estimate of drug-likeness (QED) is 0.306. The lowest BCUT2D eigenvalue weighted by atomic mass is 9.86. The maximum Gasteiger partial charge on any atom is 0.417 e. The van der Waals surface area contributed by atoms with Gasteiger partial charge in [0.1, 0.15) is 11.4 Å². The maximum absolute atomic E-state index is 14.6. The van der Waals surface area contributed by atoms with Crippen LogP contribution in [0.4, 0.5) is 13.2 Å². The van der Waals surface area contributed by atoms with Crippen LogP contribution in [0.2, 0.25) is 5.02 Å². The molecule has 1 aliphatic rings. The van der Waals surface area contributed by atoms with Crippen molar-refractivity contribution in [3.8, 4) is 5.75 Å². The van der Waals surface area contributed by atoms with Gasteiger partial charge in [-0.05, 0) is 54.0 Å². The highest BCUT2D eigenvalue weighted by atomic mass is 35.5. The number of allylic oxidation sites excluding steroid dienone is 1. The fourth-order valence-electron chi connectivity index (χ4n) is 5.14. The Kier molecular flexibility index (Phi) is 7.60. The number of pyridine rings is 1. The summed E-state index contributed by atoms with van der Waals surface area (Å²) in [4.78, 5) is 19.7. The summed E-state index contributed by atoms with van der Waals surface area (Å²) >= 11 is 6.08. The molecule has 198 valence electrons. The number of carbonyl (C=O) groups excluding carboxylic acids is 1. The third kappa shape index (κ3) is 5.49. The van der Waals surface area contributed by atoms with E-state index in [4.69, 9.17) is 16.3 Å². The van der Waals surface area contributed by atoms with Crippen LogP contribution in [0.1, 0.15) is 59.7 Å². The van der Waals surface area contributed by atoms with Gasteiger partial charge in [0.2, 0.25) is 0 Å². The molecule has 4 rings (SSSR count). The van der Waals surface area contributed by atoms with E-state index < -0.39 is 23.9 Å². The summed E-state index contributed by atoms with van der Waals surface area (Å²) in [6.45, 7) is 9.82. The number of rotatable bonds is 7. The fourth-order valence-corrected chi connectivity index (χ4v) is 5.37. The van der Waals surface area contributed by atoms with Crippen LogP contribution in [0, 0.1) is 5.92 Å². The lowest BCUT2D eigenvalue weighted by Crippen LogP contribution is -2.33. The first-order chi connectivity index (χ1) is 17.4. The van der Waals surface area contributed by atoms with Gasteiger partial charge in [-0.15, -0.1) is 0 Å². The van der Waals surface area contributed by atoms with Gasteiger partial charge in [0.25, 0.3) is 0 Å². The molecule has 0 radical (unpaired) electrons. The second-order valence-electron chi connectivity index (χ2n) is 9.94. The molecule has 3 aromatic rings. The average molecular weight is 534 g/mol. The smallest absolute Gasteiger partial charge is 0.417 e. The van der Waals surface area contributed by atoms with E-state index in [1.165, 1.54) is 31.5 Å². The molecule has 1 aromatic carbocycles. The number of likely N-dealkylation sites (tertiary alicyclic amines) is 1. The fraction of sp³-hybridized carbons (Fsp3) is 0.429. The molecule has 3 heterocycles. The number of ketones is 1. The van der Waals surface area contributed by atoms with Crippen molar-refractivity contribution >= 4 is 28.4 Å². The van der Waals surface area contributed by atoms with E-state index in [0.717, 1.165) is 18.8 Å². The Hall–Kier alpha value is -3.00. The van der Waals surface area contributed by atoms with E-state index >= 15 is 0 Å². The number of benzene rings is 1. The van der Waals surface area contributed by atoms with Gasteiger partial charge in [0.15, 0.2) is 5.78 Å². The van der Waals surface area contributed by atoms with Crippen LogP contribution in [0.25, 0.3) is 11.0 Å². The van der Waals surface area contributed by atoms with E-state index in [1.54, 1.807) is 17.8 Å². The first-order valence-electron chi connectivity index (χ1n) is 12.3. The summed E-state index contributed by atoms with van der Waals surface area (Å²) in [6.07, 6.45) is -0.753. The highest BCUT2D eigenvalue weighted by Gasteiger charge is 2.39. The zero-order valence-corrected chi connectivity index (χ0v) is 22.2. The molecule has 0 saturated carbocycles. The molecule has 1 fully saturated rings. The number of alkyl halides is 3. The molecular formula is C28H31ClF3N3O2. The predicted molar refractivity (Wildman–Crippen MR) is 139 cm³/mol. The molecule has 9 heteroatoms. The normalized spacial score (nSPS) is 15.0. The molecule has 1 saturated heterocycles. The molecule has 37 heavy (non-hydrogen) atoms. The van der Waals surface area contributed by atoms with Crippen LogP contribution in [0.15, 0.2) is 42.9 Å². The zero-order valence-electron chi connectivity index (χ0n) is 21.5. The standard InChI is InChI=1S/C28H31ClF3N3O2/c1-16(2)17(3)35-8-6-18(7-9-35)23-15-34(4)27-25(23)26(28(30,31)32)20(14-33-27)12-24(36)19-10-21(29)13-22(11-19)37-5/h10-11,13-16,18H,3,6-9,12H2,1-2,4-5H3. The van der Waals surface area contributed by atoms with Crippen molar-refractivity contribution in [1.29, 1.82) is 0 Å². The number of aryl methyl sites for hydroxylation is 1. The van der Waals surface area contributed by atoms with Gasteiger partial charge in [-0.25, -0.2) is 4.98 Å². The summed E-state index contributed by atoms with van der Waals surface area (Å²) in [5.74, 6) is 0.128. The number of methoxy groups -OCH3 is 1. The van der Waals surface area contributed by atoms with Gasteiger partial charge in [-0.2, -0.15) is 13.2 Å². The Morgan fingerprint density at radius 1 is 1.24 bits per heavy atom. The summed E-state index contributed by atoms with van der Waals surface area (Å²) < 4.78 is 50.7. The number of halogens is 4. The molecule has 1 aliphatic heterocycles. The van der Waals surface area contributed by atoms with Crippen LogP contribution in [-0.2, 0) is 19.6 Å². The number of hydrogen-bond acceptors (Lipinski definition) is 4.